The number of fused-ring (bicyclic) bond motifs is 1. The SMILES string of the molecule is C[C@@H](c1ccc(F)cc1)N(C)C(=O)C1CCN(S(=O)(=O)c2ccc3c(c2)OCCO3)CC1. The van der Waals surface area contributed by atoms with Crippen molar-refractivity contribution in [1.29, 1.82) is 0 Å². The molecule has 1 fully saturated rings. The summed E-state index contributed by atoms with van der Waals surface area (Å²) in [4.78, 5) is 14.8. The molecule has 0 spiro atoms. The third-order valence-electron chi connectivity index (χ3n) is 6.24. The lowest BCUT2D eigenvalue weighted by Crippen LogP contribution is -2.44. The molecule has 2 aromatic carbocycles. The number of sulfonamides is 1. The zero-order valence-electron chi connectivity index (χ0n) is 18.2. The lowest BCUT2D eigenvalue weighted by Gasteiger charge is -2.34. The van der Waals surface area contributed by atoms with Crippen LogP contribution in [-0.4, -0.2) is 56.9 Å². The summed E-state index contributed by atoms with van der Waals surface area (Å²) < 4.78 is 51.8. The van der Waals surface area contributed by atoms with E-state index in [1.54, 1.807) is 30.1 Å². The fourth-order valence-corrected chi connectivity index (χ4v) is 5.61. The molecule has 2 aromatic rings. The number of hydrogen-bond donors (Lipinski definition) is 0. The third kappa shape index (κ3) is 4.45. The monoisotopic (exact) mass is 462 g/mol. The Labute approximate surface area is 187 Å². The summed E-state index contributed by atoms with van der Waals surface area (Å²) in [6.07, 6.45) is 0.895. The van der Waals surface area contributed by atoms with Crippen LogP contribution in [0, 0.1) is 11.7 Å². The van der Waals surface area contributed by atoms with Gasteiger partial charge in [-0.25, -0.2) is 12.8 Å². The third-order valence-corrected chi connectivity index (χ3v) is 8.13. The maximum Gasteiger partial charge on any atom is 0.243 e. The van der Waals surface area contributed by atoms with E-state index in [-0.39, 0.29) is 41.7 Å². The molecule has 1 saturated heterocycles. The normalized spacial score (nSPS) is 18.2. The molecule has 2 heterocycles. The van der Waals surface area contributed by atoms with E-state index in [1.807, 2.05) is 6.92 Å². The van der Waals surface area contributed by atoms with Gasteiger partial charge in [-0.3, -0.25) is 4.79 Å². The molecule has 0 radical (unpaired) electrons. The van der Waals surface area contributed by atoms with Crippen molar-refractivity contribution < 1.29 is 27.1 Å². The van der Waals surface area contributed by atoms with Crippen molar-refractivity contribution in [3.05, 3.63) is 53.8 Å². The van der Waals surface area contributed by atoms with Crippen LogP contribution < -0.4 is 9.47 Å². The topological polar surface area (TPSA) is 76.2 Å². The minimum absolute atomic E-state index is 0.0294. The Morgan fingerprint density at radius 1 is 1.06 bits per heavy atom. The molecular formula is C23H27FN2O5S. The molecular weight excluding hydrogens is 435 g/mol. The summed E-state index contributed by atoms with van der Waals surface area (Å²) >= 11 is 0. The molecule has 0 bridgehead atoms. The summed E-state index contributed by atoms with van der Waals surface area (Å²) in [5, 5.41) is 0. The maximum atomic E-state index is 13.2. The lowest BCUT2D eigenvalue weighted by molar-refractivity contribution is -0.137. The fraction of sp³-hybridized carbons (Fsp3) is 0.435. The highest BCUT2D eigenvalue weighted by molar-refractivity contribution is 7.89. The van der Waals surface area contributed by atoms with E-state index < -0.39 is 10.0 Å². The van der Waals surface area contributed by atoms with E-state index in [2.05, 4.69) is 0 Å². The van der Waals surface area contributed by atoms with Gasteiger partial charge in [0, 0.05) is 32.1 Å². The average Bonchev–Trinajstić information content (AvgIpc) is 2.83. The summed E-state index contributed by atoms with van der Waals surface area (Å²) in [6.45, 7) is 3.26. The molecule has 1 amide bonds. The van der Waals surface area contributed by atoms with Crippen LogP contribution in [0.4, 0.5) is 4.39 Å². The smallest absolute Gasteiger partial charge is 0.243 e. The van der Waals surface area contributed by atoms with Crippen molar-refractivity contribution >= 4 is 15.9 Å². The molecule has 9 heteroatoms. The minimum Gasteiger partial charge on any atom is -0.486 e. The predicted octanol–water partition coefficient (Wildman–Crippen LogP) is 3.22. The van der Waals surface area contributed by atoms with E-state index >= 15 is 0 Å². The Bertz CT molecular complexity index is 1080. The first-order chi connectivity index (χ1) is 15.3. The first-order valence-corrected chi connectivity index (χ1v) is 12.1. The Hall–Kier alpha value is -2.65. The van der Waals surface area contributed by atoms with Crippen LogP contribution in [0.3, 0.4) is 0 Å². The van der Waals surface area contributed by atoms with E-state index in [9.17, 15) is 17.6 Å². The number of hydrogen-bond acceptors (Lipinski definition) is 5. The summed E-state index contributed by atoms with van der Waals surface area (Å²) in [6, 6.07) is 10.5. The molecule has 0 aliphatic carbocycles. The van der Waals surface area contributed by atoms with Crippen LogP contribution in [0.15, 0.2) is 47.4 Å². The number of piperidine rings is 1. The Morgan fingerprint density at radius 2 is 1.69 bits per heavy atom. The van der Waals surface area contributed by atoms with Crippen molar-refractivity contribution in [2.75, 3.05) is 33.4 Å². The van der Waals surface area contributed by atoms with E-state index in [0.29, 0.717) is 37.6 Å². The molecule has 0 aromatic heterocycles. The zero-order valence-corrected chi connectivity index (χ0v) is 19.0. The number of halogens is 1. The Balaban J connectivity index is 1.40. The molecule has 4 rings (SSSR count). The van der Waals surface area contributed by atoms with Crippen LogP contribution in [0.25, 0.3) is 0 Å². The van der Waals surface area contributed by atoms with E-state index in [0.717, 1.165) is 5.56 Å². The van der Waals surface area contributed by atoms with E-state index in [1.165, 1.54) is 28.6 Å². The van der Waals surface area contributed by atoms with Crippen molar-refractivity contribution in [3.8, 4) is 11.5 Å². The molecule has 7 nitrogen and oxygen atoms in total. The van der Waals surface area contributed by atoms with Gasteiger partial charge in [0.2, 0.25) is 15.9 Å². The Morgan fingerprint density at radius 3 is 2.34 bits per heavy atom. The van der Waals surface area contributed by atoms with Gasteiger partial charge in [-0.15, -0.1) is 0 Å². The molecule has 0 saturated carbocycles. The summed E-state index contributed by atoms with van der Waals surface area (Å²) in [7, 11) is -1.96. The second kappa shape index (κ2) is 9.07. The van der Waals surface area contributed by atoms with Crippen molar-refractivity contribution in [2.24, 2.45) is 5.92 Å². The van der Waals surface area contributed by atoms with Crippen molar-refractivity contribution in [2.45, 2.75) is 30.7 Å². The molecule has 1 atom stereocenters. The van der Waals surface area contributed by atoms with Gasteiger partial charge in [-0.1, -0.05) is 12.1 Å². The largest absolute Gasteiger partial charge is 0.486 e. The summed E-state index contributed by atoms with van der Waals surface area (Å²) in [5.41, 5.74) is 0.848. The van der Waals surface area contributed by atoms with Crippen LogP contribution in [0.2, 0.25) is 0 Å². The van der Waals surface area contributed by atoms with Gasteiger partial charge in [-0.05, 0) is 49.6 Å². The predicted molar refractivity (Wildman–Crippen MR) is 116 cm³/mol. The average molecular weight is 463 g/mol. The number of benzene rings is 2. The van der Waals surface area contributed by atoms with Crippen LogP contribution in [-0.2, 0) is 14.8 Å². The fourth-order valence-electron chi connectivity index (χ4n) is 4.12. The van der Waals surface area contributed by atoms with Gasteiger partial charge in [0.25, 0.3) is 0 Å². The highest BCUT2D eigenvalue weighted by atomic mass is 32.2. The second-order valence-electron chi connectivity index (χ2n) is 8.16. The molecule has 32 heavy (non-hydrogen) atoms. The number of carbonyl (C=O) groups is 1. The highest BCUT2D eigenvalue weighted by Gasteiger charge is 2.34. The number of nitrogens with zero attached hydrogens (tertiary/aromatic N) is 2. The molecule has 0 unspecified atom stereocenters. The first-order valence-electron chi connectivity index (χ1n) is 10.7. The zero-order chi connectivity index (χ0) is 22.9. The summed E-state index contributed by atoms with van der Waals surface area (Å²) in [5.74, 6) is 0.367. The molecule has 2 aliphatic heterocycles. The van der Waals surface area contributed by atoms with Crippen LogP contribution in [0.5, 0.6) is 11.5 Å². The van der Waals surface area contributed by atoms with Gasteiger partial charge in [0.05, 0.1) is 10.9 Å². The molecule has 172 valence electrons. The van der Waals surface area contributed by atoms with Gasteiger partial charge >= 0.3 is 0 Å². The second-order valence-corrected chi connectivity index (χ2v) is 10.1. The lowest BCUT2D eigenvalue weighted by atomic mass is 9.95. The Kier molecular flexibility index (Phi) is 6.39. The van der Waals surface area contributed by atoms with Crippen molar-refractivity contribution in [1.82, 2.24) is 9.21 Å². The minimum atomic E-state index is -3.69. The molecule has 2 aliphatic rings. The quantitative estimate of drug-likeness (QED) is 0.682. The number of rotatable bonds is 5. The maximum absolute atomic E-state index is 13.2. The van der Waals surface area contributed by atoms with Gasteiger partial charge in [-0.2, -0.15) is 4.31 Å². The number of carbonyl (C=O) groups excluding carboxylic acids is 1. The number of ether oxygens (including phenoxy) is 2. The number of amides is 1. The van der Waals surface area contributed by atoms with Crippen molar-refractivity contribution in [3.63, 3.8) is 0 Å². The highest BCUT2D eigenvalue weighted by Crippen LogP contribution is 2.34. The van der Waals surface area contributed by atoms with Crippen LogP contribution in [0.1, 0.15) is 31.4 Å². The van der Waals surface area contributed by atoms with Crippen LogP contribution >= 0.6 is 0 Å². The standard InChI is InChI=1S/C23H27FN2O5S/c1-16(17-3-5-19(24)6-4-17)25(2)23(27)18-9-11-26(12-10-18)32(28,29)20-7-8-21-22(15-20)31-14-13-30-21/h3-8,15-16,18H,9-14H2,1-2H3/t16-/m0/s1. The van der Waals surface area contributed by atoms with Gasteiger partial charge in [0.1, 0.15) is 19.0 Å². The molecule has 0 N–H and O–H groups in total. The van der Waals surface area contributed by atoms with Gasteiger partial charge in [0.15, 0.2) is 11.5 Å². The van der Waals surface area contributed by atoms with E-state index in [4.69, 9.17) is 9.47 Å². The van der Waals surface area contributed by atoms with Gasteiger partial charge < -0.3 is 14.4 Å². The first kappa shape index (κ1) is 22.5.